The number of aromatic nitrogens is 1. The number of ether oxygens (including phenoxy) is 1. The van der Waals surface area contributed by atoms with E-state index in [1.165, 1.54) is 12.1 Å². The molecule has 0 unspecified atom stereocenters. The number of aliphatic imine (C=N–C) groups is 1. The number of carboxylic acid groups (broad SMARTS) is 3. The number of amides is 1. The number of piperazine rings is 1. The number of rotatable bonds is 11. The number of nitrogens with two attached hydrogens (primary N) is 1. The zero-order chi connectivity index (χ0) is 53.8. The third-order valence-electron chi connectivity index (χ3n) is 10.0. The van der Waals surface area contributed by atoms with Crippen LogP contribution < -0.4 is 15.2 Å². The molecule has 0 atom stereocenters. The second-order valence-electron chi connectivity index (χ2n) is 16.5. The first kappa shape index (κ1) is 60.7. The Kier molecular flexibility index (Phi) is 21.4. The van der Waals surface area contributed by atoms with E-state index in [1.807, 2.05) is 43.0 Å². The average molecular weight is 1080 g/mol. The molecule has 1 aliphatic heterocycles. The van der Waals surface area contributed by atoms with Gasteiger partial charge in [-0.1, -0.05) is 48.2 Å². The van der Waals surface area contributed by atoms with Crippen LogP contribution in [0, 0.1) is 13.8 Å². The predicted octanol–water partition coefficient (Wildman–Crippen LogP) is 6.78. The molecule has 1 saturated carbocycles. The Hall–Kier alpha value is -5.38. The third kappa shape index (κ3) is 18.4. The number of quaternary nitrogens is 1. The number of nitrogens with one attached hydrogen (secondary N) is 1. The number of fused-ring (bicyclic) bond motifs is 1. The van der Waals surface area contributed by atoms with Crippen LogP contribution in [0.5, 0.6) is 5.75 Å². The Labute approximate surface area is 405 Å². The standard InChI is InChI=1S/C35H48Cl2N7O4S.3C2HF3O2/c1-24-22-25(2)40-32-26(24)10-8-11-29(32)48-23-27-28(36)12-13-30(31(27)37)49(46,47)41-35(14-6-7-15-35)33(45)42-17-19-43(20-18-42)34(38)39-16-9-21-44(3,4)5;3*3-2(4,5)1(6)7/h8,10-13,22,41H,6-7,9,14-21,23H2,1-5H3,(H2,38,39);3*(H,6,7)/q+1;;;. The number of carbonyl (C=O) groups excluding carboxylic acids is 1. The van der Waals surface area contributed by atoms with Gasteiger partial charge in [-0.3, -0.25) is 9.79 Å². The van der Waals surface area contributed by atoms with Crippen LogP contribution in [0.25, 0.3) is 10.9 Å². The fourth-order valence-electron chi connectivity index (χ4n) is 6.67. The van der Waals surface area contributed by atoms with Gasteiger partial charge in [-0.05, 0) is 56.5 Å². The quantitative estimate of drug-likeness (QED) is 0.0438. The first-order chi connectivity index (χ1) is 31.9. The number of sulfonamides is 1. The number of hydrogen-bond acceptors (Lipinski definition) is 9. The van der Waals surface area contributed by atoms with E-state index in [4.69, 9.17) is 63.4 Å². The number of hydrogen-bond donors (Lipinski definition) is 5. The van der Waals surface area contributed by atoms with Gasteiger partial charge >= 0.3 is 36.4 Å². The molecule has 1 amide bonds. The lowest BCUT2D eigenvalue weighted by Gasteiger charge is -2.40. The van der Waals surface area contributed by atoms with Gasteiger partial charge in [-0.25, -0.2) is 27.8 Å². The van der Waals surface area contributed by atoms with E-state index in [9.17, 15) is 52.7 Å². The Balaban J connectivity index is 0.000000665. The summed E-state index contributed by atoms with van der Waals surface area (Å²) in [7, 11) is 2.19. The predicted molar refractivity (Wildman–Crippen MR) is 237 cm³/mol. The zero-order valence-electron chi connectivity index (χ0n) is 38.0. The van der Waals surface area contributed by atoms with Gasteiger partial charge in [0.2, 0.25) is 15.9 Å². The first-order valence-corrected chi connectivity index (χ1v) is 22.7. The van der Waals surface area contributed by atoms with Gasteiger partial charge in [-0.2, -0.15) is 44.2 Å². The Morgan fingerprint density at radius 2 is 1.33 bits per heavy atom. The fraction of sp³-hybridized carbons (Fsp3) is 0.512. The fourth-order valence-corrected chi connectivity index (χ4v) is 8.97. The van der Waals surface area contributed by atoms with Crippen molar-refractivity contribution in [2.24, 2.45) is 10.7 Å². The van der Waals surface area contributed by atoms with Crippen molar-refractivity contribution < 1.29 is 91.6 Å². The molecular weight excluding hydrogens is 1020 g/mol. The zero-order valence-corrected chi connectivity index (χ0v) is 40.4. The van der Waals surface area contributed by atoms with E-state index < -0.39 is 52.0 Å². The molecule has 6 N–H and O–H groups in total. The van der Waals surface area contributed by atoms with E-state index >= 15 is 0 Å². The highest BCUT2D eigenvalue weighted by molar-refractivity contribution is 7.89. The van der Waals surface area contributed by atoms with Gasteiger partial charge in [0, 0.05) is 60.8 Å². The summed E-state index contributed by atoms with van der Waals surface area (Å²) in [6.45, 7) is 7.38. The molecule has 0 spiro atoms. The first-order valence-electron chi connectivity index (χ1n) is 20.5. The van der Waals surface area contributed by atoms with Crippen molar-refractivity contribution in [3.8, 4) is 5.75 Å². The van der Waals surface area contributed by atoms with Gasteiger partial charge in [0.05, 0.1) is 32.7 Å². The van der Waals surface area contributed by atoms with Crippen LogP contribution in [0.3, 0.4) is 0 Å². The number of halogens is 11. The maximum atomic E-state index is 14.1. The minimum atomic E-state index is -5.08. The lowest BCUT2D eigenvalue weighted by Crippen LogP contribution is -2.62. The molecule has 2 aromatic carbocycles. The van der Waals surface area contributed by atoms with Gasteiger partial charge in [-0.15, -0.1) is 0 Å². The summed E-state index contributed by atoms with van der Waals surface area (Å²) in [6.07, 6.45) is -12.1. The Morgan fingerprint density at radius 1 is 0.843 bits per heavy atom. The van der Waals surface area contributed by atoms with Gasteiger partial charge in [0.1, 0.15) is 28.3 Å². The smallest absolute Gasteiger partial charge is 0.487 e. The van der Waals surface area contributed by atoms with Gasteiger partial charge in [0.15, 0.2) is 5.96 Å². The Bertz CT molecular complexity index is 2420. The normalized spacial score (nSPS) is 15.4. The molecule has 392 valence electrons. The van der Waals surface area contributed by atoms with E-state index in [0.717, 1.165) is 46.9 Å². The van der Waals surface area contributed by atoms with Gasteiger partial charge < -0.3 is 40.1 Å². The number of benzene rings is 2. The molecule has 2 heterocycles. The number of para-hydroxylation sites is 1. The van der Waals surface area contributed by atoms with Crippen LogP contribution in [0.15, 0.2) is 46.3 Å². The molecule has 5 rings (SSSR count). The van der Waals surface area contributed by atoms with E-state index in [1.54, 1.807) is 4.90 Å². The van der Waals surface area contributed by atoms with Crippen LogP contribution >= 0.6 is 23.2 Å². The van der Waals surface area contributed by atoms with Crippen LogP contribution in [0.1, 0.15) is 48.9 Å². The number of pyridine rings is 1. The number of guanidine groups is 1. The molecule has 1 saturated heterocycles. The van der Waals surface area contributed by atoms with Crippen molar-refractivity contribution in [2.75, 3.05) is 60.4 Å². The second-order valence-corrected chi connectivity index (χ2v) is 19.0. The summed E-state index contributed by atoms with van der Waals surface area (Å²) in [4.78, 5) is 53.5. The minimum absolute atomic E-state index is 0.0500. The summed E-state index contributed by atoms with van der Waals surface area (Å²) in [6, 6.07) is 10.5. The maximum Gasteiger partial charge on any atom is 0.490 e. The number of nitrogens with zero attached hydrogens (tertiary/aromatic N) is 5. The van der Waals surface area contributed by atoms with Crippen molar-refractivity contribution in [3.63, 3.8) is 0 Å². The highest BCUT2D eigenvalue weighted by Crippen LogP contribution is 2.37. The third-order valence-corrected chi connectivity index (χ3v) is 12.5. The summed E-state index contributed by atoms with van der Waals surface area (Å²) in [5, 5.41) is 22.5. The molecule has 29 heteroatoms. The lowest BCUT2D eigenvalue weighted by molar-refractivity contribution is -0.870. The van der Waals surface area contributed by atoms with Crippen LogP contribution in [0.2, 0.25) is 10.0 Å². The largest absolute Gasteiger partial charge is 0.490 e. The summed E-state index contributed by atoms with van der Waals surface area (Å²) in [5.41, 5.74) is 7.97. The second kappa shape index (κ2) is 24.6. The van der Waals surface area contributed by atoms with Crippen molar-refractivity contribution in [2.45, 2.75) is 81.5 Å². The van der Waals surface area contributed by atoms with Crippen LogP contribution in [0.4, 0.5) is 39.5 Å². The number of aryl methyl sites for hydroxylation is 2. The van der Waals surface area contributed by atoms with E-state index in [-0.39, 0.29) is 27.5 Å². The summed E-state index contributed by atoms with van der Waals surface area (Å²) in [5.74, 6) is -7.49. The van der Waals surface area contributed by atoms with E-state index in [2.05, 4.69) is 35.8 Å². The van der Waals surface area contributed by atoms with Crippen LogP contribution in [-0.4, -0.2) is 157 Å². The molecule has 1 aromatic heterocycles. The van der Waals surface area contributed by atoms with Crippen LogP contribution in [-0.2, 0) is 35.8 Å². The molecule has 0 radical (unpaired) electrons. The Morgan fingerprint density at radius 3 is 1.80 bits per heavy atom. The molecule has 0 bridgehead atoms. The highest BCUT2D eigenvalue weighted by Gasteiger charge is 2.48. The number of alkyl halides is 9. The molecule has 1 aliphatic carbocycles. The number of aliphatic carboxylic acids is 3. The number of carboxylic acids is 3. The topological polar surface area (TPSA) is 242 Å². The highest BCUT2D eigenvalue weighted by atomic mass is 35.5. The molecule has 2 aliphatic rings. The minimum Gasteiger partial charge on any atom is -0.487 e. The monoisotopic (exact) mass is 1070 g/mol. The van der Waals surface area contributed by atoms with Crippen molar-refractivity contribution in [1.29, 1.82) is 0 Å². The van der Waals surface area contributed by atoms with Crippen molar-refractivity contribution >= 4 is 73.9 Å². The van der Waals surface area contributed by atoms with Gasteiger partial charge in [0.25, 0.3) is 0 Å². The SMILES string of the molecule is Cc1cc(C)c2cccc(OCc3c(Cl)ccc(S(=O)(=O)NC4(C(=O)N5CCN(C(N)=NCCC[N+](C)(C)C)CC5)CCCC4)c3Cl)c2n1.O=C(O)C(F)(F)F.O=C(O)C(F)(F)F.O=C(O)C(F)(F)F. The summed E-state index contributed by atoms with van der Waals surface area (Å²) < 4.78 is 133. The molecule has 17 nitrogen and oxygen atoms in total. The molecule has 70 heavy (non-hydrogen) atoms. The number of carbonyl (C=O) groups is 4. The molecule has 2 fully saturated rings. The average Bonchev–Trinajstić information content (AvgIpc) is 3.70. The summed E-state index contributed by atoms with van der Waals surface area (Å²) >= 11 is 13.3. The van der Waals surface area contributed by atoms with Crippen molar-refractivity contribution in [1.82, 2.24) is 19.5 Å². The maximum absolute atomic E-state index is 14.1. The molecule has 3 aromatic rings. The van der Waals surface area contributed by atoms with E-state index in [0.29, 0.717) is 68.4 Å². The molecular formula is C41H51Cl2F9N7O10S+. The lowest BCUT2D eigenvalue weighted by atomic mass is 9.96. The van der Waals surface area contributed by atoms with Crippen molar-refractivity contribution in [3.05, 3.63) is 63.3 Å².